The molecule has 5 nitrogen and oxygen atoms in total. The Labute approximate surface area is 194 Å². The molecule has 0 aliphatic carbocycles. The van der Waals surface area contributed by atoms with Gasteiger partial charge in [0.1, 0.15) is 12.4 Å². The lowest BCUT2D eigenvalue weighted by molar-refractivity contribution is -0.130. The first-order valence-corrected chi connectivity index (χ1v) is 11.3. The van der Waals surface area contributed by atoms with Crippen molar-refractivity contribution >= 4 is 18.5 Å². The molecule has 0 unspecified atom stereocenters. The predicted molar refractivity (Wildman–Crippen MR) is 123 cm³/mol. The molecule has 2 aromatic rings. The summed E-state index contributed by atoms with van der Waals surface area (Å²) in [6.07, 6.45) is -0.336. The molecule has 0 N–H and O–H groups in total. The number of alkyl halides is 2. The van der Waals surface area contributed by atoms with Gasteiger partial charge in [-0.25, -0.2) is 8.78 Å². The first kappa shape index (κ1) is 23.7. The molecule has 2 fully saturated rings. The molecule has 0 bridgehead atoms. The number of rotatable bonds is 6. The highest BCUT2D eigenvalue weighted by atomic mass is 19.3. The molecule has 0 atom stereocenters. The summed E-state index contributed by atoms with van der Waals surface area (Å²) in [7, 11) is -0.594. The fraction of sp³-hybridized carbons (Fsp3) is 0.480. The minimum Gasteiger partial charge on any atom is -0.489 e. The van der Waals surface area contributed by atoms with Crippen LogP contribution in [0.1, 0.15) is 45.2 Å². The summed E-state index contributed by atoms with van der Waals surface area (Å²) in [4.78, 5) is 14.1. The van der Waals surface area contributed by atoms with Crippen LogP contribution in [0.5, 0.6) is 5.75 Å². The summed E-state index contributed by atoms with van der Waals surface area (Å²) in [6, 6.07) is 15.2. The number of halogens is 2. The molecule has 2 heterocycles. The van der Waals surface area contributed by atoms with Crippen molar-refractivity contribution in [2.75, 3.05) is 13.1 Å². The van der Waals surface area contributed by atoms with Crippen molar-refractivity contribution in [1.29, 1.82) is 0 Å². The highest BCUT2D eigenvalue weighted by molar-refractivity contribution is 6.62. The van der Waals surface area contributed by atoms with Gasteiger partial charge < -0.3 is 18.9 Å². The summed E-state index contributed by atoms with van der Waals surface area (Å²) in [5.74, 6) is -2.63. The molecule has 0 aromatic heterocycles. The Morgan fingerprint density at radius 3 is 2.33 bits per heavy atom. The Balaban J connectivity index is 1.57. The number of carbonyl (C=O) groups is 1. The number of hydrogen-bond donors (Lipinski definition) is 0. The van der Waals surface area contributed by atoms with Crippen molar-refractivity contribution < 1.29 is 27.6 Å². The number of amides is 1. The lowest BCUT2D eigenvalue weighted by Gasteiger charge is -2.32. The van der Waals surface area contributed by atoms with Gasteiger partial charge in [-0.05, 0) is 44.8 Å². The molecular weight excluding hydrogens is 427 g/mol. The molecule has 176 valence electrons. The van der Waals surface area contributed by atoms with E-state index >= 15 is 0 Å². The number of nitrogens with zero attached hydrogens (tertiary/aromatic N) is 1. The normalized spacial score (nSPS) is 20.8. The van der Waals surface area contributed by atoms with Crippen LogP contribution < -0.4 is 10.2 Å². The first-order chi connectivity index (χ1) is 15.5. The van der Waals surface area contributed by atoms with E-state index in [-0.39, 0.29) is 25.3 Å². The van der Waals surface area contributed by atoms with Gasteiger partial charge in [-0.15, -0.1) is 0 Å². The quantitative estimate of drug-likeness (QED) is 0.616. The number of ether oxygens (including phenoxy) is 1. The van der Waals surface area contributed by atoms with E-state index in [0.29, 0.717) is 17.9 Å². The number of likely N-dealkylation sites (tertiary alicyclic amines) is 1. The average Bonchev–Trinajstić information content (AvgIpc) is 3.22. The van der Waals surface area contributed by atoms with Gasteiger partial charge in [0.15, 0.2) is 0 Å². The fourth-order valence-electron chi connectivity index (χ4n) is 3.96. The summed E-state index contributed by atoms with van der Waals surface area (Å²) in [6.45, 7) is 7.75. The maximum atomic E-state index is 13.6. The van der Waals surface area contributed by atoms with Crippen LogP contribution in [0, 0.1) is 0 Å². The molecular formula is C25H30BF2NO4. The van der Waals surface area contributed by atoms with Crippen molar-refractivity contribution in [2.45, 2.75) is 64.3 Å². The zero-order chi connectivity index (χ0) is 23.9. The minimum absolute atomic E-state index is 0.0342. The van der Waals surface area contributed by atoms with E-state index in [1.54, 1.807) is 6.07 Å². The maximum Gasteiger partial charge on any atom is 0.494 e. The average molecular weight is 457 g/mol. The largest absolute Gasteiger partial charge is 0.494 e. The van der Waals surface area contributed by atoms with E-state index < -0.39 is 30.8 Å². The minimum atomic E-state index is -2.83. The summed E-state index contributed by atoms with van der Waals surface area (Å²) in [5, 5.41) is 0. The lowest BCUT2D eigenvalue weighted by atomic mass is 9.78. The lowest BCUT2D eigenvalue weighted by Crippen LogP contribution is -2.41. The smallest absolute Gasteiger partial charge is 0.489 e. The Bertz CT molecular complexity index is 997. The molecule has 2 aliphatic heterocycles. The maximum absolute atomic E-state index is 13.6. The van der Waals surface area contributed by atoms with Crippen molar-refractivity contribution in [2.24, 2.45) is 0 Å². The first-order valence-electron chi connectivity index (χ1n) is 11.3. The van der Waals surface area contributed by atoms with Crippen molar-refractivity contribution in [3.8, 4) is 5.75 Å². The number of hydrogen-bond acceptors (Lipinski definition) is 4. The van der Waals surface area contributed by atoms with E-state index in [4.69, 9.17) is 14.0 Å². The molecule has 0 spiro atoms. The Kier molecular flexibility index (Phi) is 6.27. The van der Waals surface area contributed by atoms with Crippen LogP contribution in [0.15, 0.2) is 48.5 Å². The van der Waals surface area contributed by atoms with E-state index in [2.05, 4.69) is 0 Å². The standard InChI is InChI=1S/C25H30BF2NO4/c1-23(2)24(3,4)33-26(32-23)20-10-11-21(31-16-18-8-6-5-7-9-18)19(14-20)15-22(30)29-13-12-25(27,28)17-29/h5-11,14H,12-13,15-17H2,1-4H3. The summed E-state index contributed by atoms with van der Waals surface area (Å²) < 4.78 is 45.6. The molecule has 2 aliphatic rings. The van der Waals surface area contributed by atoms with Gasteiger partial charge in [0.2, 0.25) is 5.91 Å². The van der Waals surface area contributed by atoms with Crippen LogP contribution in [0.3, 0.4) is 0 Å². The second kappa shape index (κ2) is 8.72. The molecule has 0 saturated carbocycles. The number of carbonyl (C=O) groups excluding carboxylic acids is 1. The van der Waals surface area contributed by atoms with Gasteiger partial charge in [0.25, 0.3) is 5.92 Å². The highest BCUT2D eigenvalue weighted by Crippen LogP contribution is 2.37. The zero-order valence-electron chi connectivity index (χ0n) is 19.6. The fourth-order valence-corrected chi connectivity index (χ4v) is 3.96. The molecule has 2 aromatic carbocycles. The van der Waals surface area contributed by atoms with Crippen LogP contribution in [0.2, 0.25) is 0 Å². The molecule has 33 heavy (non-hydrogen) atoms. The van der Waals surface area contributed by atoms with E-state index in [1.165, 1.54) is 4.90 Å². The third-order valence-electron chi connectivity index (χ3n) is 6.71. The Morgan fingerprint density at radius 2 is 1.73 bits per heavy atom. The zero-order valence-corrected chi connectivity index (χ0v) is 19.6. The van der Waals surface area contributed by atoms with Gasteiger partial charge in [-0.2, -0.15) is 0 Å². The van der Waals surface area contributed by atoms with Crippen molar-refractivity contribution in [3.63, 3.8) is 0 Å². The van der Waals surface area contributed by atoms with Crippen LogP contribution in [0.4, 0.5) is 8.78 Å². The second-order valence-corrected chi connectivity index (χ2v) is 9.83. The monoisotopic (exact) mass is 457 g/mol. The van der Waals surface area contributed by atoms with E-state index in [0.717, 1.165) is 11.0 Å². The van der Waals surface area contributed by atoms with Crippen LogP contribution in [0.25, 0.3) is 0 Å². The molecule has 1 amide bonds. The van der Waals surface area contributed by atoms with E-state index in [1.807, 2.05) is 70.2 Å². The third kappa shape index (κ3) is 5.22. The second-order valence-electron chi connectivity index (χ2n) is 9.83. The molecule has 2 saturated heterocycles. The number of benzene rings is 2. The van der Waals surface area contributed by atoms with Crippen molar-refractivity contribution in [1.82, 2.24) is 4.90 Å². The topological polar surface area (TPSA) is 48.0 Å². The third-order valence-corrected chi connectivity index (χ3v) is 6.71. The SMILES string of the molecule is CC1(C)OB(c2ccc(OCc3ccccc3)c(CC(=O)N3CCC(F)(F)C3)c2)OC1(C)C. The highest BCUT2D eigenvalue weighted by Gasteiger charge is 2.51. The molecule has 0 radical (unpaired) electrons. The summed E-state index contributed by atoms with van der Waals surface area (Å²) in [5.41, 5.74) is 1.37. The van der Waals surface area contributed by atoms with Gasteiger partial charge in [-0.3, -0.25) is 4.79 Å². The Morgan fingerprint density at radius 1 is 1.06 bits per heavy atom. The summed E-state index contributed by atoms with van der Waals surface area (Å²) >= 11 is 0. The predicted octanol–water partition coefficient (Wildman–Crippen LogP) is 3.97. The Hall–Kier alpha value is -2.45. The van der Waals surface area contributed by atoms with Gasteiger partial charge >= 0.3 is 7.12 Å². The van der Waals surface area contributed by atoms with Crippen LogP contribution >= 0.6 is 0 Å². The van der Waals surface area contributed by atoms with Gasteiger partial charge in [-0.1, -0.05) is 42.5 Å². The van der Waals surface area contributed by atoms with Crippen molar-refractivity contribution in [3.05, 3.63) is 59.7 Å². The van der Waals surface area contributed by atoms with Crippen LogP contribution in [-0.2, 0) is 27.1 Å². The molecule has 4 rings (SSSR count). The van der Waals surface area contributed by atoms with Gasteiger partial charge in [0, 0.05) is 18.5 Å². The molecule has 8 heteroatoms. The van der Waals surface area contributed by atoms with Gasteiger partial charge in [0.05, 0.1) is 24.2 Å². The van der Waals surface area contributed by atoms with E-state index in [9.17, 15) is 13.6 Å². The van der Waals surface area contributed by atoms with Crippen LogP contribution in [-0.4, -0.2) is 48.1 Å².